The van der Waals surface area contributed by atoms with Crippen molar-refractivity contribution in [2.45, 2.75) is 13.8 Å². The van der Waals surface area contributed by atoms with Gasteiger partial charge in [0.2, 0.25) is 5.91 Å². The number of amides is 1. The summed E-state index contributed by atoms with van der Waals surface area (Å²) in [6.07, 6.45) is 0. The monoisotopic (exact) mass is 237 g/mol. The van der Waals surface area contributed by atoms with Gasteiger partial charge in [0.1, 0.15) is 11.7 Å². The van der Waals surface area contributed by atoms with Gasteiger partial charge in [-0.2, -0.15) is 0 Å². The van der Waals surface area contributed by atoms with Gasteiger partial charge in [0, 0.05) is 0 Å². The number of aliphatic carboxylic acids is 1. The molecule has 0 aromatic heterocycles. The first-order valence-corrected chi connectivity index (χ1v) is 5.14. The summed E-state index contributed by atoms with van der Waals surface area (Å²) < 4.78 is 5.11. The van der Waals surface area contributed by atoms with Gasteiger partial charge in [-0.1, -0.05) is 6.07 Å². The number of anilines is 1. The van der Waals surface area contributed by atoms with Crippen LogP contribution in [0.3, 0.4) is 0 Å². The summed E-state index contributed by atoms with van der Waals surface area (Å²) in [7, 11) is 1.49. The lowest BCUT2D eigenvalue weighted by Crippen LogP contribution is -2.27. The van der Waals surface area contributed by atoms with Crippen LogP contribution in [0.25, 0.3) is 0 Å². The molecule has 0 aliphatic carbocycles. The van der Waals surface area contributed by atoms with E-state index in [0.717, 1.165) is 5.56 Å². The van der Waals surface area contributed by atoms with Gasteiger partial charge in [0.15, 0.2) is 0 Å². The summed E-state index contributed by atoms with van der Waals surface area (Å²) >= 11 is 0. The Morgan fingerprint density at radius 1 is 1.41 bits per heavy atom. The summed E-state index contributed by atoms with van der Waals surface area (Å²) in [4.78, 5) is 22.2. The average Bonchev–Trinajstić information content (AvgIpc) is 2.30. The first-order chi connectivity index (χ1) is 7.95. The maximum absolute atomic E-state index is 11.6. The predicted octanol–water partition coefficient (Wildman–Crippen LogP) is 1.66. The molecule has 1 amide bonds. The van der Waals surface area contributed by atoms with Crippen molar-refractivity contribution in [3.05, 3.63) is 23.8 Å². The summed E-state index contributed by atoms with van der Waals surface area (Å²) in [6.45, 7) is 3.23. The Labute approximate surface area is 99.4 Å². The van der Waals surface area contributed by atoms with Crippen molar-refractivity contribution in [1.29, 1.82) is 0 Å². The standard InChI is InChI=1S/C12H15NO4/c1-7-4-5-9(10(6-7)17-3)13-11(14)8(2)12(15)16/h4-6,8H,1-3H3,(H,13,14)(H,15,16). The van der Waals surface area contributed by atoms with E-state index < -0.39 is 17.8 Å². The molecule has 92 valence electrons. The number of carbonyl (C=O) groups excluding carboxylic acids is 1. The van der Waals surface area contributed by atoms with E-state index in [0.29, 0.717) is 11.4 Å². The van der Waals surface area contributed by atoms with Crippen LogP contribution in [0, 0.1) is 12.8 Å². The zero-order chi connectivity index (χ0) is 13.0. The Morgan fingerprint density at radius 3 is 2.59 bits per heavy atom. The zero-order valence-corrected chi connectivity index (χ0v) is 9.98. The number of carboxylic acid groups (broad SMARTS) is 1. The minimum absolute atomic E-state index is 0.469. The number of carbonyl (C=O) groups is 2. The minimum atomic E-state index is -1.16. The maximum Gasteiger partial charge on any atom is 0.315 e. The highest BCUT2D eigenvalue weighted by Crippen LogP contribution is 2.25. The average molecular weight is 237 g/mol. The van der Waals surface area contributed by atoms with Crippen molar-refractivity contribution in [3.8, 4) is 5.75 Å². The van der Waals surface area contributed by atoms with E-state index in [-0.39, 0.29) is 0 Å². The van der Waals surface area contributed by atoms with Crippen LogP contribution in [0.2, 0.25) is 0 Å². The lowest BCUT2D eigenvalue weighted by atomic mass is 10.1. The van der Waals surface area contributed by atoms with Crippen LogP contribution in [0.4, 0.5) is 5.69 Å². The fraction of sp³-hybridized carbons (Fsp3) is 0.333. The van der Waals surface area contributed by atoms with Gasteiger partial charge in [-0.3, -0.25) is 9.59 Å². The first kappa shape index (κ1) is 13.0. The van der Waals surface area contributed by atoms with Crippen LogP contribution in [0.15, 0.2) is 18.2 Å². The van der Waals surface area contributed by atoms with E-state index in [4.69, 9.17) is 9.84 Å². The molecular weight excluding hydrogens is 222 g/mol. The second-order valence-corrected chi connectivity index (χ2v) is 3.75. The molecule has 5 heteroatoms. The number of benzene rings is 1. The molecule has 1 rings (SSSR count). The quantitative estimate of drug-likeness (QED) is 0.781. The SMILES string of the molecule is COc1cc(C)ccc1NC(=O)C(C)C(=O)O. The molecule has 0 aliphatic rings. The van der Waals surface area contributed by atoms with Gasteiger partial charge < -0.3 is 15.2 Å². The van der Waals surface area contributed by atoms with Crippen molar-refractivity contribution >= 4 is 17.6 Å². The van der Waals surface area contributed by atoms with Crippen LogP contribution in [-0.2, 0) is 9.59 Å². The molecule has 5 nitrogen and oxygen atoms in total. The van der Waals surface area contributed by atoms with E-state index in [9.17, 15) is 9.59 Å². The molecule has 1 unspecified atom stereocenters. The molecule has 0 heterocycles. The fourth-order valence-corrected chi connectivity index (χ4v) is 1.25. The van der Waals surface area contributed by atoms with E-state index in [1.54, 1.807) is 12.1 Å². The Morgan fingerprint density at radius 2 is 2.06 bits per heavy atom. The Hall–Kier alpha value is -2.04. The number of methoxy groups -OCH3 is 1. The number of hydrogen-bond acceptors (Lipinski definition) is 3. The molecule has 0 spiro atoms. The van der Waals surface area contributed by atoms with Crippen LogP contribution < -0.4 is 10.1 Å². The van der Waals surface area contributed by atoms with Crippen LogP contribution >= 0.6 is 0 Å². The van der Waals surface area contributed by atoms with Gasteiger partial charge in [-0.15, -0.1) is 0 Å². The molecule has 0 aliphatic heterocycles. The van der Waals surface area contributed by atoms with Crippen molar-refractivity contribution in [2.75, 3.05) is 12.4 Å². The Kier molecular flexibility index (Phi) is 4.09. The molecule has 2 N–H and O–H groups in total. The van der Waals surface area contributed by atoms with Crippen molar-refractivity contribution in [2.24, 2.45) is 5.92 Å². The highest BCUT2D eigenvalue weighted by molar-refractivity contribution is 6.04. The maximum atomic E-state index is 11.6. The third kappa shape index (κ3) is 3.21. The number of nitrogens with one attached hydrogen (secondary N) is 1. The molecule has 1 aromatic carbocycles. The highest BCUT2D eigenvalue weighted by atomic mass is 16.5. The normalized spacial score (nSPS) is 11.7. The van der Waals surface area contributed by atoms with Gasteiger partial charge >= 0.3 is 5.97 Å². The van der Waals surface area contributed by atoms with Crippen LogP contribution in [-0.4, -0.2) is 24.1 Å². The Balaban J connectivity index is 2.88. The number of aryl methyl sites for hydroxylation is 1. The van der Waals surface area contributed by atoms with E-state index >= 15 is 0 Å². The largest absolute Gasteiger partial charge is 0.495 e. The second-order valence-electron chi connectivity index (χ2n) is 3.75. The van der Waals surface area contributed by atoms with Gasteiger partial charge in [0.25, 0.3) is 0 Å². The van der Waals surface area contributed by atoms with Gasteiger partial charge in [-0.25, -0.2) is 0 Å². The minimum Gasteiger partial charge on any atom is -0.495 e. The number of hydrogen-bond donors (Lipinski definition) is 2. The Bertz CT molecular complexity index is 442. The third-order valence-electron chi connectivity index (χ3n) is 2.38. The summed E-state index contributed by atoms with van der Waals surface area (Å²) in [5, 5.41) is 11.2. The molecule has 1 aromatic rings. The fourth-order valence-electron chi connectivity index (χ4n) is 1.25. The molecule has 17 heavy (non-hydrogen) atoms. The van der Waals surface area contributed by atoms with E-state index in [2.05, 4.69) is 5.32 Å². The van der Waals surface area contributed by atoms with Gasteiger partial charge in [-0.05, 0) is 31.5 Å². The molecule has 0 saturated carbocycles. The van der Waals surface area contributed by atoms with Gasteiger partial charge in [0.05, 0.1) is 12.8 Å². The van der Waals surface area contributed by atoms with E-state index in [1.165, 1.54) is 14.0 Å². The first-order valence-electron chi connectivity index (χ1n) is 5.14. The topological polar surface area (TPSA) is 75.6 Å². The number of ether oxygens (including phenoxy) is 1. The molecule has 0 fully saturated rings. The summed E-state index contributed by atoms with van der Waals surface area (Å²) in [5.74, 6) is -2.31. The molecular formula is C12H15NO4. The summed E-state index contributed by atoms with van der Waals surface area (Å²) in [5.41, 5.74) is 1.46. The zero-order valence-electron chi connectivity index (χ0n) is 9.98. The molecule has 1 atom stereocenters. The van der Waals surface area contributed by atoms with Crippen molar-refractivity contribution < 1.29 is 19.4 Å². The number of carboxylic acids is 1. The molecule has 0 radical (unpaired) electrons. The molecule has 0 bridgehead atoms. The van der Waals surface area contributed by atoms with E-state index in [1.807, 2.05) is 13.0 Å². The lowest BCUT2D eigenvalue weighted by molar-refractivity contribution is -0.144. The van der Waals surface area contributed by atoms with Crippen LogP contribution in [0.5, 0.6) is 5.75 Å². The smallest absolute Gasteiger partial charge is 0.315 e. The van der Waals surface area contributed by atoms with Crippen LogP contribution in [0.1, 0.15) is 12.5 Å². The predicted molar refractivity (Wildman–Crippen MR) is 63.2 cm³/mol. The lowest BCUT2D eigenvalue weighted by Gasteiger charge is -2.12. The van der Waals surface area contributed by atoms with Crippen molar-refractivity contribution in [3.63, 3.8) is 0 Å². The molecule has 0 saturated heterocycles. The summed E-state index contributed by atoms with van der Waals surface area (Å²) in [6, 6.07) is 5.26. The number of rotatable bonds is 4. The highest BCUT2D eigenvalue weighted by Gasteiger charge is 2.21. The second kappa shape index (κ2) is 5.34. The van der Waals surface area contributed by atoms with Crippen molar-refractivity contribution in [1.82, 2.24) is 0 Å². The third-order valence-corrected chi connectivity index (χ3v) is 2.38.